The van der Waals surface area contributed by atoms with Gasteiger partial charge in [-0.05, 0) is 36.2 Å². The van der Waals surface area contributed by atoms with Crippen LogP contribution in [0.2, 0.25) is 0 Å². The Hall–Kier alpha value is -1.98. The normalized spacial score (nSPS) is 13.4. The molecule has 0 atom stereocenters. The first kappa shape index (κ1) is 13.7. The maximum atomic E-state index is 5.72. The van der Waals surface area contributed by atoms with Gasteiger partial charge in [0.25, 0.3) is 0 Å². The van der Waals surface area contributed by atoms with Crippen LogP contribution in [-0.4, -0.2) is 15.0 Å². The summed E-state index contributed by atoms with van der Waals surface area (Å²) in [5.74, 6) is 0. The largest absolute Gasteiger partial charge is 0.370 e. The predicted octanol–water partition coefficient (Wildman–Crippen LogP) is 4.04. The first-order valence-electron chi connectivity index (χ1n) is 7.11. The van der Waals surface area contributed by atoms with E-state index in [2.05, 4.69) is 51.4 Å². The highest BCUT2D eigenvalue weighted by Gasteiger charge is 2.21. The fourth-order valence-electron chi connectivity index (χ4n) is 2.76. The molecule has 0 aliphatic carbocycles. The second-order valence-corrected chi connectivity index (χ2v) is 6.23. The van der Waals surface area contributed by atoms with Gasteiger partial charge in [0.05, 0.1) is 18.9 Å². The Balaban J connectivity index is 1.95. The molecular formula is C17H14BrN3O. The molecule has 0 spiro atoms. The summed E-state index contributed by atoms with van der Waals surface area (Å²) in [5, 5.41) is 8.67. The lowest BCUT2D eigenvalue weighted by atomic mass is 10.0. The van der Waals surface area contributed by atoms with Crippen molar-refractivity contribution in [3.8, 4) is 16.9 Å². The van der Waals surface area contributed by atoms with Gasteiger partial charge in [-0.3, -0.25) is 0 Å². The molecule has 4 rings (SSSR count). The van der Waals surface area contributed by atoms with Crippen LogP contribution in [0.3, 0.4) is 0 Å². The van der Waals surface area contributed by atoms with Crippen LogP contribution in [0, 0.1) is 6.92 Å². The Kier molecular flexibility index (Phi) is 3.32. The highest BCUT2D eigenvalue weighted by molar-refractivity contribution is 9.10. The first-order valence-corrected chi connectivity index (χ1v) is 7.90. The van der Waals surface area contributed by atoms with Crippen molar-refractivity contribution in [2.75, 3.05) is 0 Å². The summed E-state index contributed by atoms with van der Waals surface area (Å²) in [6.07, 6.45) is 0. The molecule has 0 unspecified atom stereocenters. The highest BCUT2D eigenvalue weighted by Crippen LogP contribution is 2.32. The van der Waals surface area contributed by atoms with Gasteiger partial charge in [0, 0.05) is 10.0 Å². The van der Waals surface area contributed by atoms with E-state index >= 15 is 0 Å². The SMILES string of the molecule is Cc1cc(-n2nnc3c2-c2ccccc2COC3)ccc1Br. The quantitative estimate of drug-likeness (QED) is 0.661. The summed E-state index contributed by atoms with van der Waals surface area (Å²) >= 11 is 3.54. The van der Waals surface area contributed by atoms with Gasteiger partial charge in [0.1, 0.15) is 11.4 Å². The molecule has 0 saturated heterocycles. The molecule has 4 nitrogen and oxygen atoms in total. The molecule has 22 heavy (non-hydrogen) atoms. The number of ether oxygens (including phenoxy) is 1. The molecule has 0 radical (unpaired) electrons. The van der Waals surface area contributed by atoms with E-state index in [1.165, 1.54) is 11.1 Å². The van der Waals surface area contributed by atoms with Crippen LogP contribution in [0.5, 0.6) is 0 Å². The Morgan fingerprint density at radius 1 is 1.14 bits per heavy atom. The smallest absolute Gasteiger partial charge is 0.117 e. The number of halogens is 1. The molecule has 2 aromatic carbocycles. The van der Waals surface area contributed by atoms with Gasteiger partial charge in [0.2, 0.25) is 0 Å². The average molecular weight is 356 g/mol. The third-order valence-electron chi connectivity index (χ3n) is 3.89. The Labute approximate surface area is 136 Å². The number of hydrogen-bond donors (Lipinski definition) is 0. The monoisotopic (exact) mass is 355 g/mol. The third-order valence-corrected chi connectivity index (χ3v) is 4.78. The molecule has 0 amide bonds. The third kappa shape index (κ3) is 2.17. The molecule has 0 bridgehead atoms. The van der Waals surface area contributed by atoms with Crippen LogP contribution in [0.15, 0.2) is 46.9 Å². The molecule has 0 saturated carbocycles. The van der Waals surface area contributed by atoms with E-state index in [1.54, 1.807) is 0 Å². The molecule has 1 aliphatic rings. The lowest BCUT2D eigenvalue weighted by Crippen LogP contribution is -2.01. The summed E-state index contributed by atoms with van der Waals surface area (Å²) in [7, 11) is 0. The van der Waals surface area contributed by atoms with Gasteiger partial charge in [-0.15, -0.1) is 5.10 Å². The number of fused-ring (bicyclic) bond motifs is 3. The van der Waals surface area contributed by atoms with Crippen molar-refractivity contribution >= 4 is 15.9 Å². The van der Waals surface area contributed by atoms with Crippen molar-refractivity contribution < 1.29 is 4.74 Å². The topological polar surface area (TPSA) is 39.9 Å². The lowest BCUT2D eigenvalue weighted by molar-refractivity contribution is 0.107. The summed E-state index contributed by atoms with van der Waals surface area (Å²) in [5.41, 5.74) is 6.38. The zero-order valence-corrected chi connectivity index (χ0v) is 13.7. The standard InChI is InChI=1S/C17H14BrN3O/c1-11-8-13(6-7-15(11)18)21-17-14-5-3-2-4-12(14)9-22-10-16(17)19-20-21/h2-8H,9-10H2,1H3. The van der Waals surface area contributed by atoms with Crippen molar-refractivity contribution in [1.82, 2.24) is 15.0 Å². The Bertz CT molecular complexity index is 857. The van der Waals surface area contributed by atoms with E-state index < -0.39 is 0 Å². The molecule has 1 aliphatic heterocycles. The number of hydrogen-bond acceptors (Lipinski definition) is 3. The zero-order chi connectivity index (χ0) is 15.1. The Morgan fingerprint density at radius 2 is 2.00 bits per heavy atom. The molecular weight excluding hydrogens is 342 g/mol. The summed E-state index contributed by atoms with van der Waals surface area (Å²) in [4.78, 5) is 0. The number of rotatable bonds is 1. The molecule has 1 aromatic heterocycles. The minimum atomic E-state index is 0.486. The van der Waals surface area contributed by atoms with Gasteiger partial charge >= 0.3 is 0 Å². The summed E-state index contributed by atoms with van der Waals surface area (Å²) in [6.45, 7) is 3.16. The van der Waals surface area contributed by atoms with Crippen LogP contribution in [0.25, 0.3) is 16.9 Å². The van der Waals surface area contributed by atoms with Crippen molar-refractivity contribution in [3.05, 3.63) is 63.8 Å². The number of nitrogens with zero attached hydrogens (tertiary/aromatic N) is 3. The Morgan fingerprint density at radius 3 is 2.86 bits per heavy atom. The van der Waals surface area contributed by atoms with Crippen LogP contribution in [0.4, 0.5) is 0 Å². The van der Waals surface area contributed by atoms with E-state index in [-0.39, 0.29) is 0 Å². The van der Waals surface area contributed by atoms with E-state index in [4.69, 9.17) is 4.74 Å². The number of aryl methyl sites for hydroxylation is 1. The van der Waals surface area contributed by atoms with Gasteiger partial charge in [-0.25, -0.2) is 4.68 Å². The minimum Gasteiger partial charge on any atom is -0.370 e. The highest BCUT2D eigenvalue weighted by atomic mass is 79.9. The van der Waals surface area contributed by atoms with Gasteiger partial charge in [-0.2, -0.15) is 0 Å². The lowest BCUT2D eigenvalue weighted by Gasteiger charge is -2.10. The second-order valence-electron chi connectivity index (χ2n) is 5.38. The fourth-order valence-corrected chi connectivity index (χ4v) is 3.00. The zero-order valence-electron chi connectivity index (χ0n) is 12.1. The van der Waals surface area contributed by atoms with E-state index in [0.717, 1.165) is 27.1 Å². The maximum Gasteiger partial charge on any atom is 0.117 e. The molecule has 2 heterocycles. The summed E-state index contributed by atoms with van der Waals surface area (Å²) < 4.78 is 8.71. The molecule has 5 heteroatoms. The van der Waals surface area contributed by atoms with Gasteiger partial charge in [-0.1, -0.05) is 45.4 Å². The van der Waals surface area contributed by atoms with E-state index in [9.17, 15) is 0 Å². The number of benzene rings is 2. The van der Waals surface area contributed by atoms with Crippen molar-refractivity contribution in [2.45, 2.75) is 20.1 Å². The molecule has 110 valence electrons. The molecule has 0 fully saturated rings. The molecule has 0 N–H and O–H groups in total. The minimum absolute atomic E-state index is 0.486. The maximum absolute atomic E-state index is 5.72. The van der Waals surface area contributed by atoms with Crippen LogP contribution >= 0.6 is 15.9 Å². The van der Waals surface area contributed by atoms with Gasteiger partial charge < -0.3 is 4.74 Å². The second kappa shape index (κ2) is 5.34. The average Bonchev–Trinajstić information content (AvgIpc) is 2.86. The van der Waals surface area contributed by atoms with Crippen LogP contribution < -0.4 is 0 Å². The molecule has 3 aromatic rings. The van der Waals surface area contributed by atoms with Crippen molar-refractivity contribution in [3.63, 3.8) is 0 Å². The van der Waals surface area contributed by atoms with E-state index in [1.807, 2.05) is 28.9 Å². The predicted molar refractivity (Wildman–Crippen MR) is 87.7 cm³/mol. The first-order chi connectivity index (χ1) is 10.7. The summed E-state index contributed by atoms with van der Waals surface area (Å²) in [6, 6.07) is 14.5. The van der Waals surface area contributed by atoms with E-state index in [0.29, 0.717) is 13.2 Å². The van der Waals surface area contributed by atoms with Crippen LogP contribution in [0.1, 0.15) is 16.8 Å². The number of aromatic nitrogens is 3. The van der Waals surface area contributed by atoms with Gasteiger partial charge in [0.15, 0.2) is 0 Å². The van der Waals surface area contributed by atoms with Crippen molar-refractivity contribution in [1.29, 1.82) is 0 Å². The van der Waals surface area contributed by atoms with Crippen molar-refractivity contribution in [2.24, 2.45) is 0 Å². The fraction of sp³-hybridized carbons (Fsp3) is 0.176. The van der Waals surface area contributed by atoms with Crippen LogP contribution in [-0.2, 0) is 18.0 Å².